The van der Waals surface area contributed by atoms with Crippen molar-refractivity contribution in [3.63, 3.8) is 0 Å². The lowest BCUT2D eigenvalue weighted by atomic mass is 9.88. The first-order valence-electron chi connectivity index (χ1n) is 6.35. The topological polar surface area (TPSA) is 73.2 Å². The molecule has 0 bridgehead atoms. The molecule has 2 aliphatic heterocycles. The van der Waals surface area contributed by atoms with Gasteiger partial charge in [-0.25, -0.2) is 5.01 Å². The highest BCUT2D eigenvalue weighted by molar-refractivity contribution is 6.39. The number of aliphatic hydroxyl groups is 1. The summed E-state index contributed by atoms with van der Waals surface area (Å²) >= 11 is 0. The molecule has 3 rings (SSSR count). The van der Waals surface area contributed by atoms with Crippen molar-refractivity contribution in [3.05, 3.63) is 0 Å². The fourth-order valence-corrected chi connectivity index (χ4v) is 2.64. The lowest BCUT2D eigenvalue weighted by Gasteiger charge is -2.47. The second-order valence-corrected chi connectivity index (χ2v) is 5.50. The zero-order valence-corrected chi connectivity index (χ0v) is 10.4. The molecule has 3 aliphatic rings. The Morgan fingerprint density at radius 2 is 2.06 bits per heavy atom. The summed E-state index contributed by atoms with van der Waals surface area (Å²) in [6.45, 7) is 0.820. The van der Waals surface area contributed by atoms with E-state index in [9.17, 15) is 14.7 Å². The number of rotatable bonds is 2. The standard InChI is InChI=1S/C12H17N3O3/c1-14-10(16)5-4-9(13-14)11(17)15-6-12(18,7-15)8-2-3-8/h8,18H,2-7H2,1H3. The van der Waals surface area contributed by atoms with Crippen LogP contribution < -0.4 is 0 Å². The van der Waals surface area contributed by atoms with Crippen molar-refractivity contribution in [2.75, 3.05) is 20.1 Å². The molecule has 0 radical (unpaired) electrons. The Bertz CT molecular complexity index is 436. The Labute approximate surface area is 105 Å². The van der Waals surface area contributed by atoms with E-state index < -0.39 is 5.60 Å². The monoisotopic (exact) mass is 251 g/mol. The van der Waals surface area contributed by atoms with Crippen molar-refractivity contribution in [1.82, 2.24) is 9.91 Å². The van der Waals surface area contributed by atoms with Gasteiger partial charge in [-0.2, -0.15) is 5.10 Å². The van der Waals surface area contributed by atoms with E-state index in [4.69, 9.17) is 0 Å². The van der Waals surface area contributed by atoms with Crippen LogP contribution in [0, 0.1) is 5.92 Å². The second kappa shape index (κ2) is 3.78. The molecule has 2 amide bonds. The average Bonchev–Trinajstić information content (AvgIpc) is 3.12. The van der Waals surface area contributed by atoms with E-state index in [-0.39, 0.29) is 11.8 Å². The van der Waals surface area contributed by atoms with Gasteiger partial charge in [0.1, 0.15) is 11.3 Å². The minimum absolute atomic E-state index is 0.0651. The highest BCUT2D eigenvalue weighted by Gasteiger charge is 2.53. The summed E-state index contributed by atoms with van der Waals surface area (Å²) in [4.78, 5) is 25.0. The Morgan fingerprint density at radius 3 is 2.61 bits per heavy atom. The lowest BCUT2D eigenvalue weighted by Crippen LogP contribution is -2.66. The molecule has 1 saturated heterocycles. The molecule has 2 heterocycles. The van der Waals surface area contributed by atoms with E-state index in [1.165, 1.54) is 5.01 Å². The fraction of sp³-hybridized carbons (Fsp3) is 0.750. The van der Waals surface area contributed by atoms with Gasteiger partial charge < -0.3 is 10.0 Å². The molecule has 0 spiro atoms. The molecular weight excluding hydrogens is 234 g/mol. The number of nitrogens with zero attached hydrogens (tertiary/aromatic N) is 3. The predicted molar refractivity (Wildman–Crippen MR) is 63.7 cm³/mol. The van der Waals surface area contributed by atoms with E-state index in [2.05, 4.69) is 5.10 Å². The first kappa shape index (κ1) is 11.6. The van der Waals surface area contributed by atoms with Gasteiger partial charge in [-0.3, -0.25) is 9.59 Å². The largest absolute Gasteiger partial charge is 0.386 e. The van der Waals surface area contributed by atoms with E-state index >= 15 is 0 Å². The molecule has 6 heteroatoms. The molecule has 18 heavy (non-hydrogen) atoms. The maximum absolute atomic E-state index is 12.1. The number of carbonyl (C=O) groups excluding carboxylic acids is 2. The smallest absolute Gasteiger partial charge is 0.270 e. The van der Waals surface area contributed by atoms with Crippen molar-refractivity contribution < 1.29 is 14.7 Å². The molecule has 1 saturated carbocycles. The summed E-state index contributed by atoms with van der Waals surface area (Å²) in [5.41, 5.74) is -0.234. The Balaban J connectivity index is 1.63. The van der Waals surface area contributed by atoms with Gasteiger partial charge in [-0.15, -0.1) is 0 Å². The molecule has 1 N–H and O–H groups in total. The van der Waals surface area contributed by atoms with Gasteiger partial charge in [0.25, 0.3) is 5.91 Å². The molecule has 0 aromatic heterocycles. The SMILES string of the molecule is CN1N=C(C(=O)N2CC(O)(C3CC3)C2)CCC1=O. The molecule has 1 aliphatic carbocycles. The van der Waals surface area contributed by atoms with Gasteiger partial charge >= 0.3 is 0 Å². The van der Waals surface area contributed by atoms with Gasteiger partial charge in [0.2, 0.25) is 5.91 Å². The number of β-amino-alcohol motifs (C(OH)–C–C–N with tert-alkyl or cyclic N) is 1. The highest BCUT2D eigenvalue weighted by atomic mass is 16.3. The molecule has 2 fully saturated rings. The first-order valence-corrected chi connectivity index (χ1v) is 6.35. The summed E-state index contributed by atoms with van der Waals surface area (Å²) in [7, 11) is 1.56. The van der Waals surface area contributed by atoms with Gasteiger partial charge in [0.15, 0.2) is 0 Å². The van der Waals surface area contributed by atoms with E-state index in [1.54, 1.807) is 11.9 Å². The molecule has 0 aromatic rings. The molecular formula is C12H17N3O3. The molecule has 6 nitrogen and oxygen atoms in total. The number of amides is 2. The van der Waals surface area contributed by atoms with Crippen LogP contribution in [0.25, 0.3) is 0 Å². The van der Waals surface area contributed by atoms with Crippen molar-refractivity contribution >= 4 is 17.5 Å². The Kier molecular flexibility index (Phi) is 2.45. The Morgan fingerprint density at radius 1 is 1.39 bits per heavy atom. The quantitative estimate of drug-likeness (QED) is 0.724. The molecule has 98 valence electrons. The van der Waals surface area contributed by atoms with Crippen LogP contribution in [0.15, 0.2) is 5.10 Å². The summed E-state index contributed by atoms with van der Waals surface area (Å²) in [6.07, 6.45) is 2.87. The zero-order chi connectivity index (χ0) is 12.9. The number of likely N-dealkylation sites (tertiary alicyclic amines) is 1. The van der Waals surface area contributed by atoms with Gasteiger partial charge in [-0.1, -0.05) is 0 Å². The number of hydrogen-bond donors (Lipinski definition) is 1. The summed E-state index contributed by atoms with van der Waals surface area (Å²) in [5, 5.41) is 15.4. The number of hydrogen-bond acceptors (Lipinski definition) is 4. The maximum Gasteiger partial charge on any atom is 0.270 e. The summed E-state index contributed by atoms with van der Waals surface area (Å²) < 4.78 is 0. The van der Waals surface area contributed by atoms with Gasteiger partial charge in [0.05, 0.1) is 13.1 Å². The van der Waals surface area contributed by atoms with Crippen LogP contribution >= 0.6 is 0 Å². The van der Waals surface area contributed by atoms with Gasteiger partial charge in [0, 0.05) is 19.9 Å². The minimum atomic E-state index is -0.660. The van der Waals surface area contributed by atoms with E-state index in [1.807, 2.05) is 0 Å². The fourth-order valence-electron chi connectivity index (χ4n) is 2.64. The van der Waals surface area contributed by atoms with Crippen LogP contribution in [0.1, 0.15) is 25.7 Å². The highest BCUT2D eigenvalue weighted by Crippen LogP contribution is 2.44. The maximum atomic E-state index is 12.1. The average molecular weight is 251 g/mol. The first-order chi connectivity index (χ1) is 8.49. The van der Waals surface area contributed by atoms with Crippen LogP contribution in [-0.4, -0.2) is 58.3 Å². The third-order valence-corrected chi connectivity index (χ3v) is 4.01. The van der Waals surface area contributed by atoms with E-state index in [0.717, 1.165) is 12.8 Å². The third kappa shape index (κ3) is 1.80. The summed E-state index contributed by atoms with van der Waals surface area (Å²) in [5.74, 6) is 0.170. The van der Waals surface area contributed by atoms with Crippen LogP contribution in [0.5, 0.6) is 0 Å². The van der Waals surface area contributed by atoms with Crippen LogP contribution in [0.2, 0.25) is 0 Å². The lowest BCUT2D eigenvalue weighted by molar-refractivity contribution is -0.152. The van der Waals surface area contributed by atoms with Crippen molar-refractivity contribution in [2.24, 2.45) is 11.0 Å². The molecule has 0 unspecified atom stereocenters. The van der Waals surface area contributed by atoms with Crippen molar-refractivity contribution in [1.29, 1.82) is 0 Å². The normalized spacial score (nSPS) is 26.8. The van der Waals surface area contributed by atoms with Crippen LogP contribution in [0.3, 0.4) is 0 Å². The third-order valence-electron chi connectivity index (χ3n) is 4.01. The van der Waals surface area contributed by atoms with Crippen LogP contribution in [0.4, 0.5) is 0 Å². The number of carbonyl (C=O) groups is 2. The number of hydrazone groups is 1. The van der Waals surface area contributed by atoms with Crippen molar-refractivity contribution in [2.45, 2.75) is 31.3 Å². The van der Waals surface area contributed by atoms with Crippen LogP contribution in [-0.2, 0) is 9.59 Å². The van der Waals surface area contributed by atoms with Gasteiger partial charge in [-0.05, 0) is 18.8 Å². The summed E-state index contributed by atoms with van der Waals surface area (Å²) in [6, 6.07) is 0. The second-order valence-electron chi connectivity index (χ2n) is 5.50. The predicted octanol–water partition coefficient (Wildman–Crippen LogP) is -0.422. The molecule has 0 aromatic carbocycles. The molecule has 0 atom stereocenters. The Hall–Kier alpha value is -1.43. The zero-order valence-electron chi connectivity index (χ0n) is 10.4. The minimum Gasteiger partial charge on any atom is -0.386 e. The van der Waals surface area contributed by atoms with Crippen molar-refractivity contribution in [3.8, 4) is 0 Å². The van der Waals surface area contributed by atoms with E-state index in [0.29, 0.717) is 37.6 Å².